The van der Waals surface area contributed by atoms with Crippen LogP contribution in [0.25, 0.3) is 0 Å². The zero-order valence-electron chi connectivity index (χ0n) is 9.51. The molecule has 1 heterocycles. The molecular formula is C14H18BrN. The Morgan fingerprint density at radius 1 is 1.25 bits per heavy atom. The molecule has 0 aromatic heterocycles. The van der Waals surface area contributed by atoms with E-state index < -0.39 is 0 Å². The van der Waals surface area contributed by atoms with Crippen molar-refractivity contribution in [2.24, 2.45) is 5.41 Å². The molecule has 1 aromatic carbocycles. The lowest BCUT2D eigenvalue weighted by molar-refractivity contribution is 0.295. The van der Waals surface area contributed by atoms with Crippen molar-refractivity contribution in [2.75, 3.05) is 13.1 Å². The fourth-order valence-electron chi connectivity index (χ4n) is 3.60. The molecule has 16 heavy (non-hydrogen) atoms. The lowest BCUT2D eigenvalue weighted by Gasteiger charge is -2.30. The van der Waals surface area contributed by atoms with Crippen LogP contribution in [0.5, 0.6) is 0 Å². The van der Waals surface area contributed by atoms with Crippen molar-refractivity contribution in [3.63, 3.8) is 0 Å². The van der Waals surface area contributed by atoms with Crippen LogP contribution in [0.2, 0.25) is 0 Å². The van der Waals surface area contributed by atoms with Crippen LogP contribution in [0.4, 0.5) is 0 Å². The van der Waals surface area contributed by atoms with Crippen molar-refractivity contribution in [3.8, 4) is 0 Å². The van der Waals surface area contributed by atoms with Gasteiger partial charge >= 0.3 is 0 Å². The van der Waals surface area contributed by atoms with Gasteiger partial charge in [-0.1, -0.05) is 40.9 Å². The second-order valence-corrected chi connectivity index (χ2v) is 6.22. The van der Waals surface area contributed by atoms with Crippen molar-refractivity contribution < 1.29 is 0 Å². The highest BCUT2D eigenvalue weighted by atomic mass is 79.9. The van der Waals surface area contributed by atoms with Gasteiger partial charge in [0.25, 0.3) is 0 Å². The van der Waals surface area contributed by atoms with Gasteiger partial charge in [0.2, 0.25) is 0 Å². The van der Waals surface area contributed by atoms with E-state index in [0.717, 1.165) is 12.5 Å². The van der Waals surface area contributed by atoms with E-state index in [0.29, 0.717) is 5.41 Å². The molecule has 1 saturated heterocycles. The van der Waals surface area contributed by atoms with Gasteiger partial charge in [0.15, 0.2) is 0 Å². The second-order valence-electron chi connectivity index (χ2n) is 5.31. The molecular weight excluding hydrogens is 262 g/mol. The summed E-state index contributed by atoms with van der Waals surface area (Å²) in [6.07, 6.45) is 5.67. The molecule has 2 heteroatoms. The van der Waals surface area contributed by atoms with Crippen molar-refractivity contribution >= 4 is 15.9 Å². The highest BCUT2D eigenvalue weighted by Crippen LogP contribution is 2.50. The Morgan fingerprint density at radius 3 is 2.81 bits per heavy atom. The van der Waals surface area contributed by atoms with Gasteiger partial charge in [-0.25, -0.2) is 0 Å². The Kier molecular flexibility index (Phi) is 2.80. The second kappa shape index (κ2) is 4.15. The van der Waals surface area contributed by atoms with E-state index in [1.54, 1.807) is 0 Å². The third-order valence-electron chi connectivity index (χ3n) is 4.42. The first-order valence-electron chi connectivity index (χ1n) is 6.26. The summed E-state index contributed by atoms with van der Waals surface area (Å²) in [7, 11) is 0. The predicted octanol–water partition coefficient (Wildman–Crippen LogP) is 3.70. The smallest absolute Gasteiger partial charge is 0.0178 e. The standard InChI is InChI=1S/C14H18BrN/c15-12-5-3-4-11(8-12)13-9-16-10-14(13)6-1-2-7-14/h3-5,8,13,16H,1-2,6-7,9-10H2/t13-/m0/s1. The molecule has 3 rings (SSSR count). The molecule has 1 spiro atoms. The van der Waals surface area contributed by atoms with Crippen molar-refractivity contribution in [1.29, 1.82) is 0 Å². The van der Waals surface area contributed by atoms with Crippen molar-refractivity contribution in [1.82, 2.24) is 5.32 Å². The summed E-state index contributed by atoms with van der Waals surface area (Å²) in [5, 5.41) is 3.61. The van der Waals surface area contributed by atoms with Gasteiger partial charge < -0.3 is 5.32 Å². The first-order valence-corrected chi connectivity index (χ1v) is 7.06. The monoisotopic (exact) mass is 279 g/mol. The third kappa shape index (κ3) is 1.72. The molecule has 1 nitrogen and oxygen atoms in total. The fraction of sp³-hybridized carbons (Fsp3) is 0.571. The number of halogens is 1. The topological polar surface area (TPSA) is 12.0 Å². The number of hydrogen-bond acceptors (Lipinski definition) is 1. The highest BCUT2D eigenvalue weighted by molar-refractivity contribution is 9.10. The summed E-state index contributed by atoms with van der Waals surface area (Å²) in [4.78, 5) is 0. The van der Waals surface area contributed by atoms with Crippen LogP contribution in [0.15, 0.2) is 28.7 Å². The molecule has 0 bridgehead atoms. The van der Waals surface area contributed by atoms with E-state index in [4.69, 9.17) is 0 Å². The van der Waals surface area contributed by atoms with Gasteiger partial charge in [-0.3, -0.25) is 0 Å². The largest absolute Gasteiger partial charge is 0.316 e. The Hall–Kier alpha value is -0.340. The van der Waals surface area contributed by atoms with Gasteiger partial charge in [-0.05, 0) is 36.0 Å². The normalized spacial score (nSPS) is 27.7. The Labute approximate surface area is 106 Å². The van der Waals surface area contributed by atoms with Crippen LogP contribution in [-0.2, 0) is 0 Å². The van der Waals surface area contributed by atoms with Gasteiger partial charge in [0.05, 0.1) is 0 Å². The fourth-order valence-corrected chi connectivity index (χ4v) is 4.02. The average molecular weight is 280 g/mol. The van der Waals surface area contributed by atoms with Gasteiger partial charge in [-0.2, -0.15) is 0 Å². The van der Waals surface area contributed by atoms with E-state index >= 15 is 0 Å². The molecule has 1 aliphatic heterocycles. The van der Waals surface area contributed by atoms with Gasteiger partial charge in [0, 0.05) is 23.5 Å². The number of hydrogen-bond donors (Lipinski definition) is 1. The van der Waals surface area contributed by atoms with Crippen LogP contribution in [0.3, 0.4) is 0 Å². The summed E-state index contributed by atoms with van der Waals surface area (Å²) in [5.74, 6) is 0.729. The molecule has 1 saturated carbocycles. The van der Waals surface area contributed by atoms with Crippen LogP contribution < -0.4 is 5.32 Å². The maximum absolute atomic E-state index is 3.61. The van der Waals surface area contributed by atoms with Crippen LogP contribution in [-0.4, -0.2) is 13.1 Å². The lowest BCUT2D eigenvalue weighted by Crippen LogP contribution is -2.25. The van der Waals surface area contributed by atoms with Crippen molar-refractivity contribution in [3.05, 3.63) is 34.3 Å². The van der Waals surface area contributed by atoms with E-state index in [1.807, 2.05) is 0 Å². The zero-order valence-corrected chi connectivity index (χ0v) is 11.1. The maximum atomic E-state index is 3.61. The molecule has 86 valence electrons. The Balaban J connectivity index is 1.94. The minimum atomic E-state index is 0.570. The first kappa shape index (κ1) is 10.8. The first-order chi connectivity index (χ1) is 7.80. The molecule has 1 aromatic rings. The summed E-state index contributed by atoms with van der Waals surface area (Å²) in [6.45, 7) is 2.39. The summed E-state index contributed by atoms with van der Waals surface area (Å²) in [6, 6.07) is 8.88. The maximum Gasteiger partial charge on any atom is 0.0178 e. The van der Waals surface area contributed by atoms with E-state index in [2.05, 4.69) is 45.5 Å². The molecule has 1 N–H and O–H groups in total. The minimum Gasteiger partial charge on any atom is -0.316 e. The molecule has 0 radical (unpaired) electrons. The molecule has 0 amide bonds. The average Bonchev–Trinajstić information content (AvgIpc) is 2.90. The SMILES string of the molecule is Brc1cccc([C@@H]2CNCC23CCCC3)c1. The quantitative estimate of drug-likeness (QED) is 0.827. The summed E-state index contributed by atoms with van der Waals surface area (Å²) >= 11 is 3.59. The van der Waals surface area contributed by atoms with Gasteiger partial charge in [0.1, 0.15) is 0 Å². The number of rotatable bonds is 1. The molecule has 2 aliphatic rings. The highest BCUT2D eigenvalue weighted by Gasteiger charge is 2.45. The minimum absolute atomic E-state index is 0.570. The van der Waals surface area contributed by atoms with Crippen LogP contribution in [0, 0.1) is 5.41 Å². The molecule has 1 atom stereocenters. The molecule has 2 fully saturated rings. The Bertz CT molecular complexity index is 377. The number of benzene rings is 1. The Morgan fingerprint density at radius 2 is 2.06 bits per heavy atom. The zero-order chi connectivity index (χ0) is 11.0. The van der Waals surface area contributed by atoms with E-state index in [1.165, 1.54) is 42.3 Å². The lowest BCUT2D eigenvalue weighted by atomic mass is 9.73. The third-order valence-corrected chi connectivity index (χ3v) is 4.91. The predicted molar refractivity (Wildman–Crippen MR) is 70.7 cm³/mol. The number of nitrogens with one attached hydrogen (secondary N) is 1. The van der Waals surface area contributed by atoms with Crippen LogP contribution >= 0.6 is 15.9 Å². The van der Waals surface area contributed by atoms with Crippen LogP contribution in [0.1, 0.15) is 37.2 Å². The summed E-state index contributed by atoms with van der Waals surface area (Å²) < 4.78 is 1.21. The summed E-state index contributed by atoms with van der Waals surface area (Å²) in [5.41, 5.74) is 2.09. The van der Waals surface area contributed by atoms with E-state index in [9.17, 15) is 0 Å². The van der Waals surface area contributed by atoms with Gasteiger partial charge in [-0.15, -0.1) is 0 Å². The molecule has 1 aliphatic carbocycles. The molecule has 0 unspecified atom stereocenters. The van der Waals surface area contributed by atoms with E-state index in [-0.39, 0.29) is 0 Å². The van der Waals surface area contributed by atoms with Crippen molar-refractivity contribution in [2.45, 2.75) is 31.6 Å².